The summed E-state index contributed by atoms with van der Waals surface area (Å²) in [4.78, 5) is 29.2. The van der Waals surface area contributed by atoms with E-state index in [2.05, 4.69) is 15.0 Å². The van der Waals surface area contributed by atoms with Gasteiger partial charge in [-0.2, -0.15) is 0 Å². The predicted molar refractivity (Wildman–Crippen MR) is 101 cm³/mol. The van der Waals surface area contributed by atoms with Gasteiger partial charge in [-0.3, -0.25) is 19.4 Å². The molecule has 1 aromatic heterocycles. The first kappa shape index (κ1) is 17.4. The van der Waals surface area contributed by atoms with Crippen molar-refractivity contribution in [1.82, 2.24) is 15.0 Å². The van der Waals surface area contributed by atoms with E-state index < -0.39 is 0 Å². The Kier molecular flexibility index (Phi) is 5.12. The highest BCUT2D eigenvalue weighted by atomic mass is 32.2. The number of benzene rings is 1. The molecule has 0 aliphatic carbocycles. The van der Waals surface area contributed by atoms with Crippen LogP contribution in [0.1, 0.15) is 12.8 Å². The molecule has 8 heteroatoms. The first-order valence-corrected chi connectivity index (χ1v) is 10.00. The lowest BCUT2D eigenvalue weighted by Crippen LogP contribution is -2.46. The summed E-state index contributed by atoms with van der Waals surface area (Å²) < 4.78 is 5.41. The number of fused-ring (bicyclic) bond motifs is 1. The maximum Gasteiger partial charge on any atom is 0.288 e. The van der Waals surface area contributed by atoms with Gasteiger partial charge in [0.05, 0.1) is 11.1 Å². The highest BCUT2D eigenvalue weighted by Crippen LogP contribution is 2.26. The van der Waals surface area contributed by atoms with Crippen molar-refractivity contribution in [3.63, 3.8) is 0 Å². The number of hydrogen-bond donors (Lipinski definition) is 0. The zero-order valence-corrected chi connectivity index (χ0v) is 15.4. The second-order valence-corrected chi connectivity index (χ2v) is 7.56. The molecule has 0 bridgehead atoms. The first-order valence-electron chi connectivity index (χ1n) is 9.01. The van der Waals surface area contributed by atoms with Crippen LogP contribution in [0.15, 0.2) is 28.8 Å². The van der Waals surface area contributed by atoms with Gasteiger partial charge in [0, 0.05) is 32.7 Å². The lowest BCUT2D eigenvalue weighted by Gasteiger charge is -2.34. The molecule has 7 nitrogen and oxygen atoms in total. The van der Waals surface area contributed by atoms with Crippen LogP contribution in [0.4, 0.5) is 10.6 Å². The maximum atomic E-state index is 11.6. The Morgan fingerprint density at radius 2 is 1.81 bits per heavy atom. The van der Waals surface area contributed by atoms with Gasteiger partial charge in [0.25, 0.3) is 5.24 Å². The molecule has 2 aliphatic rings. The Morgan fingerprint density at radius 1 is 1.04 bits per heavy atom. The van der Waals surface area contributed by atoms with Gasteiger partial charge in [-0.25, -0.2) is 0 Å². The number of nitrogens with zero attached hydrogens (tertiary/aromatic N) is 4. The quantitative estimate of drug-likeness (QED) is 0.719. The van der Waals surface area contributed by atoms with Crippen LogP contribution in [-0.2, 0) is 4.79 Å². The van der Waals surface area contributed by atoms with Gasteiger partial charge in [-0.1, -0.05) is 29.1 Å². The highest BCUT2D eigenvalue weighted by Gasteiger charge is 2.29. The molecule has 3 heterocycles. The van der Waals surface area contributed by atoms with E-state index in [0.717, 1.165) is 74.1 Å². The van der Waals surface area contributed by atoms with Crippen molar-refractivity contribution in [1.29, 1.82) is 0 Å². The van der Waals surface area contributed by atoms with E-state index in [-0.39, 0.29) is 11.1 Å². The topological polar surface area (TPSA) is 69.9 Å². The molecule has 2 fully saturated rings. The van der Waals surface area contributed by atoms with E-state index in [1.165, 1.54) is 4.90 Å². The van der Waals surface area contributed by atoms with Crippen LogP contribution < -0.4 is 4.90 Å². The zero-order chi connectivity index (χ0) is 17.9. The Morgan fingerprint density at radius 3 is 2.58 bits per heavy atom. The number of imide groups is 1. The smallest absolute Gasteiger partial charge is 0.288 e. The Balaban J connectivity index is 1.22. The van der Waals surface area contributed by atoms with E-state index in [1.807, 2.05) is 24.3 Å². The number of unbranched alkanes of at least 4 members (excludes halogenated alkanes) is 1. The summed E-state index contributed by atoms with van der Waals surface area (Å²) in [5.41, 5.74) is 0.828. The summed E-state index contributed by atoms with van der Waals surface area (Å²) in [6.07, 6.45) is 1.86. The average molecular weight is 374 g/mol. The number of piperazine rings is 1. The molecule has 2 amide bonds. The van der Waals surface area contributed by atoms with Crippen molar-refractivity contribution in [2.45, 2.75) is 12.8 Å². The van der Waals surface area contributed by atoms with Gasteiger partial charge in [0.1, 0.15) is 0 Å². The summed E-state index contributed by atoms with van der Waals surface area (Å²) in [6, 6.07) is 7.95. The van der Waals surface area contributed by atoms with Crippen LogP contribution in [0.2, 0.25) is 0 Å². The van der Waals surface area contributed by atoms with Crippen LogP contribution in [-0.4, -0.2) is 71.1 Å². The third-order valence-electron chi connectivity index (χ3n) is 4.98. The molecule has 1 aromatic carbocycles. The number of anilines is 1. The Hall–Kier alpha value is -2.06. The van der Waals surface area contributed by atoms with Crippen LogP contribution in [0.25, 0.3) is 11.0 Å². The fourth-order valence-electron chi connectivity index (χ4n) is 3.49. The molecule has 0 saturated carbocycles. The molecular formula is C18H22N4O3S. The van der Waals surface area contributed by atoms with E-state index in [0.29, 0.717) is 12.3 Å². The van der Waals surface area contributed by atoms with E-state index >= 15 is 0 Å². The third kappa shape index (κ3) is 3.57. The third-order valence-corrected chi connectivity index (χ3v) is 5.84. The van der Waals surface area contributed by atoms with Crippen LogP contribution in [0.5, 0.6) is 0 Å². The fraction of sp³-hybridized carbons (Fsp3) is 0.500. The molecule has 2 aromatic rings. The number of carbonyl (C=O) groups is 2. The molecular weight excluding hydrogens is 352 g/mol. The van der Waals surface area contributed by atoms with Crippen molar-refractivity contribution in [2.75, 3.05) is 49.9 Å². The Labute approximate surface area is 156 Å². The van der Waals surface area contributed by atoms with E-state index in [1.54, 1.807) is 0 Å². The van der Waals surface area contributed by atoms with Gasteiger partial charge in [-0.05, 0) is 31.5 Å². The lowest BCUT2D eigenvalue weighted by molar-refractivity contribution is -0.124. The summed E-state index contributed by atoms with van der Waals surface area (Å²) in [5.74, 6) is 1.19. The number of carbonyl (C=O) groups excluding carboxylic acids is 2. The molecule has 4 rings (SSSR count). The number of para-hydroxylation sites is 1. The van der Waals surface area contributed by atoms with Crippen molar-refractivity contribution >= 4 is 39.7 Å². The number of thioether (sulfide) groups is 1. The highest BCUT2D eigenvalue weighted by molar-refractivity contribution is 8.14. The molecule has 0 unspecified atom stereocenters. The minimum absolute atomic E-state index is 0.0477. The van der Waals surface area contributed by atoms with Crippen molar-refractivity contribution in [3.8, 4) is 0 Å². The van der Waals surface area contributed by atoms with Crippen molar-refractivity contribution in [3.05, 3.63) is 24.3 Å². The maximum absolute atomic E-state index is 11.6. The first-order chi connectivity index (χ1) is 12.7. The molecule has 0 radical (unpaired) electrons. The molecule has 2 saturated heterocycles. The predicted octanol–water partition coefficient (Wildman–Crippen LogP) is 2.43. The minimum Gasteiger partial charge on any atom is -0.354 e. The number of amides is 2. The Bertz CT molecular complexity index is 785. The van der Waals surface area contributed by atoms with E-state index in [4.69, 9.17) is 4.52 Å². The molecule has 26 heavy (non-hydrogen) atoms. The lowest BCUT2D eigenvalue weighted by atomic mass is 10.2. The zero-order valence-electron chi connectivity index (χ0n) is 14.6. The van der Waals surface area contributed by atoms with Crippen molar-refractivity contribution < 1.29 is 14.1 Å². The molecule has 2 aliphatic heterocycles. The average Bonchev–Trinajstić information content (AvgIpc) is 3.23. The SMILES string of the molecule is O=C1CSC(=O)N1CCCCN1CCN(c2noc3ccccc23)CC1. The van der Waals surface area contributed by atoms with Crippen LogP contribution in [0.3, 0.4) is 0 Å². The normalized spacial score (nSPS) is 19.1. The summed E-state index contributed by atoms with van der Waals surface area (Å²) >= 11 is 1.11. The van der Waals surface area contributed by atoms with Gasteiger partial charge in [-0.15, -0.1) is 0 Å². The van der Waals surface area contributed by atoms with Gasteiger partial charge >= 0.3 is 0 Å². The van der Waals surface area contributed by atoms with Crippen LogP contribution in [0, 0.1) is 0 Å². The van der Waals surface area contributed by atoms with Gasteiger partial charge < -0.3 is 9.42 Å². The van der Waals surface area contributed by atoms with Crippen molar-refractivity contribution in [2.24, 2.45) is 0 Å². The minimum atomic E-state index is -0.0940. The van der Waals surface area contributed by atoms with Crippen LogP contribution >= 0.6 is 11.8 Å². The largest absolute Gasteiger partial charge is 0.354 e. The van der Waals surface area contributed by atoms with Gasteiger partial charge in [0.15, 0.2) is 11.4 Å². The second kappa shape index (κ2) is 7.67. The molecule has 138 valence electrons. The number of hydrogen-bond acceptors (Lipinski definition) is 7. The summed E-state index contributed by atoms with van der Waals surface area (Å²) in [6.45, 7) is 5.37. The molecule has 0 spiro atoms. The molecule has 0 atom stereocenters. The summed E-state index contributed by atoms with van der Waals surface area (Å²) in [5, 5.41) is 5.21. The summed E-state index contributed by atoms with van der Waals surface area (Å²) in [7, 11) is 0. The van der Waals surface area contributed by atoms with Gasteiger partial charge in [0.2, 0.25) is 5.91 Å². The standard InChI is InChI=1S/C18H22N4O3S/c23-16-13-26-18(24)22(16)8-4-3-7-20-9-11-21(12-10-20)17-14-5-1-2-6-15(14)25-19-17/h1-2,5-6H,3-4,7-13H2. The second-order valence-electron chi connectivity index (χ2n) is 6.64. The number of aromatic nitrogens is 1. The monoisotopic (exact) mass is 374 g/mol. The number of rotatable bonds is 6. The fourth-order valence-corrected chi connectivity index (χ4v) is 4.24. The van der Waals surface area contributed by atoms with E-state index in [9.17, 15) is 9.59 Å². The molecule has 0 N–H and O–H groups in total.